The minimum Gasteiger partial charge on any atom is -0.354 e. The molecule has 0 unspecified atom stereocenters. The first-order chi connectivity index (χ1) is 10.1. The zero-order valence-corrected chi connectivity index (χ0v) is 13.0. The number of aromatic nitrogens is 3. The van der Waals surface area contributed by atoms with Gasteiger partial charge in [-0.1, -0.05) is 24.3 Å². The van der Waals surface area contributed by atoms with Gasteiger partial charge in [-0.25, -0.2) is 0 Å². The van der Waals surface area contributed by atoms with Gasteiger partial charge in [0.25, 0.3) is 0 Å². The molecular weight excluding hydrogens is 264 g/mol. The average molecular weight is 286 g/mol. The largest absolute Gasteiger partial charge is 0.354 e. The monoisotopic (exact) mass is 286 g/mol. The van der Waals surface area contributed by atoms with Gasteiger partial charge in [-0.3, -0.25) is 0 Å². The van der Waals surface area contributed by atoms with Crippen molar-refractivity contribution in [2.24, 2.45) is 0 Å². The summed E-state index contributed by atoms with van der Waals surface area (Å²) in [6, 6.07) is 8.27. The minimum absolute atomic E-state index is 0.577. The fourth-order valence-corrected chi connectivity index (χ4v) is 1.86. The van der Waals surface area contributed by atoms with Crippen molar-refractivity contribution < 1.29 is 0 Å². The normalized spacial score (nSPS) is 10.3. The predicted molar refractivity (Wildman–Crippen MR) is 86.8 cm³/mol. The number of benzene rings is 1. The Bertz CT molecular complexity index is 596. The van der Waals surface area contributed by atoms with E-state index in [1.54, 1.807) is 0 Å². The van der Waals surface area contributed by atoms with E-state index in [0.29, 0.717) is 24.4 Å². The molecule has 0 spiro atoms. The lowest BCUT2D eigenvalue weighted by Gasteiger charge is -2.14. The van der Waals surface area contributed by atoms with E-state index in [2.05, 4.69) is 44.6 Å². The van der Waals surface area contributed by atoms with Gasteiger partial charge in [0.15, 0.2) is 0 Å². The topological polar surface area (TPSA) is 66.0 Å². The van der Waals surface area contributed by atoms with Gasteiger partial charge in [-0.15, -0.1) is 0 Å². The molecule has 6 heteroatoms. The highest BCUT2D eigenvalue weighted by Crippen LogP contribution is 2.13. The lowest BCUT2D eigenvalue weighted by Crippen LogP contribution is -2.17. The second-order valence-electron chi connectivity index (χ2n) is 4.99. The number of nitrogens with one attached hydrogen (secondary N) is 2. The van der Waals surface area contributed by atoms with Gasteiger partial charge in [0.2, 0.25) is 17.8 Å². The van der Waals surface area contributed by atoms with Crippen molar-refractivity contribution >= 4 is 17.8 Å². The highest BCUT2D eigenvalue weighted by molar-refractivity contribution is 5.43. The molecule has 0 aliphatic rings. The second kappa shape index (κ2) is 6.88. The molecule has 0 fully saturated rings. The quantitative estimate of drug-likeness (QED) is 0.849. The number of nitrogens with zero attached hydrogens (tertiary/aromatic N) is 4. The van der Waals surface area contributed by atoms with Crippen LogP contribution in [0.25, 0.3) is 0 Å². The summed E-state index contributed by atoms with van der Waals surface area (Å²) in [5.74, 6) is 1.80. The van der Waals surface area contributed by atoms with E-state index in [0.717, 1.165) is 6.54 Å². The molecule has 21 heavy (non-hydrogen) atoms. The van der Waals surface area contributed by atoms with Crippen molar-refractivity contribution in [3.8, 4) is 0 Å². The van der Waals surface area contributed by atoms with Crippen molar-refractivity contribution in [1.29, 1.82) is 0 Å². The van der Waals surface area contributed by atoms with Crippen molar-refractivity contribution in [3.05, 3.63) is 35.4 Å². The maximum Gasteiger partial charge on any atom is 0.231 e. The van der Waals surface area contributed by atoms with Crippen LogP contribution < -0.4 is 15.5 Å². The molecule has 1 heterocycles. The maximum atomic E-state index is 4.41. The van der Waals surface area contributed by atoms with E-state index >= 15 is 0 Å². The summed E-state index contributed by atoms with van der Waals surface area (Å²) >= 11 is 0. The van der Waals surface area contributed by atoms with E-state index in [9.17, 15) is 0 Å². The summed E-state index contributed by atoms with van der Waals surface area (Å²) in [5, 5.41) is 6.39. The summed E-state index contributed by atoms with van der Waals surface area (Å²) in [6.45, 7) is 5.57. The molecule has 0 radical (unpaired) electrons. The molecule has 0 amide bonds. The van der Waals surface area contributed by atoms with Gasteiger partial charge in [0.1, 0.15) is 0 Å². The van der Waals surface area contributed by atoms with Gasteiger partial charge < -0.3 is 15.5 Å². The third kappa shape index (κ3) is 4.05. The summed E-state index contributed by atoms with van der Waals surface area (Å²) in [6.07, 6.45) is 0. The third-order valence-electron chi connectivity index (χ3n) is 3.06. The van der Waals surface area contributed by atoms with Crippen molar-refractivity contribution in [1.82, 2.24) is 15.0 Å². The smallest absolute Gasteiger partial charge is 0.231 e. The van der Waals surface area contributed by atoms with Gasteiger partial charge in [0, 0.05) is 27.2 Å². The van der Waals surface area contributed by atoms with Crippen LogP contribution in [0.15, 0.2) is 24.3 Å². The number of hydrogen-bond acceptors (Lipinski definition) is 6. The summed E-state index contributed by atoms with van der Waals surface area (Å²) in [5.41, 5.74) is 2.48. The zero-order chi connectivity index (χ0) is 15.2. The molecule has 0 atom stereocenters. The van der Waals surface area contributed by atoms with Crippen LogP contribution in [-0.2, 0) is 6.54 Å². The van der Waals surface area contributed by atoms with E-state index in [1.165, 1.54) is 11.1 Å². The molecule has 1 aromatic carbocycles. The van der Waals surface area contributed by atoms with Crippen LogP contribution in [0.4, 0.5) is 17.8 Å². The number of rotatable bonds is 6. The number of hydrogen-bond donors (Lipinski definition) is 2. The first-order valence-electron chi connectivity index (χ1n) is 7.05. The van der Waals surface area contributed by atoms with Gasteiger partial charge in [-0.2, -0.15) is 15.0 Å². The zero-order valence-electron chi connectivity index (χ0n) is 13.0. The van der Waals surface area contributed by atoms with Crippen LogP contribution in [-0.4, -0.2) is 35.6 Å². The van der Waals surface area contributed by atoms with Crippen LogP contribution in [0.2, 0.25) is 0 Å². The van der Waals surface area contributed by atoms with E-state index < -0.39 is 0 Å². The highest BCUT2D eigenvalue weighted by atomic mass is 15.3. The van der Waals surface area contributed by atoms with Crippen molar-refractivity contribution in [3.63, 3.8) is 0 Å². The first-order valence-corrected chi connectivity index (χ1v) is 7.05. The molecule has 6 nitrogen and oxygen atoms in total. The predicted octanol–water partition coefficient (Wildman–Crippen LogP) is 2.29. The Morgan fingerprint density at radius 3 is 2.29 bits per heavy atom. The number of aryl methyl sites for hydroxylation is 1. The molecule has 0 aliphatic carbocycles. The summed E-state index contributed by atoms with van der Waals surface area (Å²) in [7, 11) is 3.83. The average Bonchev–Trinajstić information content (AvgIpc) is 2.46. The number of anilines is 3. The lowest BCUT2D eigenvalue weighted by atomic mass is 10.1. The third-order valence-corrected chi connectivity index (χ3v) is 3.06. The molecule has 0 saturated carbocycles. The first kappa shape index (κ1) is 15.0. The molecule has 2 aromatic rings. The Hall–Kier alpha value is -2.37. The Balaban J connectivity index is 2.17. The van der Waals surface area contributed by atoms with E-state index in [-0.39, 0.29) is 0 Å². The van der Waals surface area contributed by atoms with Crippen molar-refractivity contribution in [2.45, 2.75) is 20.4 Å². The van der Waals surface area contributed by atoms with Crippen LogP contribution in [0.1, 0.15) is 18.1 Å². The maximum absolute atomic E-state index is 4.41. The molecule has 0 saturated heterocycles. The summed E-state index contributed by atoms with van der Waals surface area (Å²) < 4.78 is 0. The Labute approximate surface area is 125 Å². The Morgan fingerprint density at radius 1 is 1.00 bits per heavy atom. The lowest BCUT2D eigenvalue weighted by molar-refractivity contribution is 0.935. The van der Waals surface area contributed by atoms with E-state index in [1.807, 2.05) is 38.1 Å². The molecule has 2 rings (SSSR count). The SMILES string of the molecule is CCNc1nc(NCc2ccccc2C)nc(N(C)C)n1. The fraction of sp³-hybridized carbons (Fsp3) is 0.400. The van der Waals surface area contributed by atoms with E-state index in [4.69, 9.17) is 0 Å². The Morgan fingerprint density at radius 2 is 1.67 bits per heavy atom. The molecule has 0 bridgehead atoms. The van der Waals surface area contributed by atoms with Gasteiger partial charge in [-0.05, 0) is 25.0 Å². The minimum atomic E-state index is 0.577. The van der Waals surface area contributed by atoms with Crippen LogP contribution in [0.5, 0.6) is 0 Å². The molecular formula is C15H22N6. The van der Waals surface area contributed by atoms with Gasteiger partial charge in [0.05, 0.1) is 0 Å². The molecule has 0 aliphatic heterocycles. The highest BCUT2D eigenvalue weighted by Gasteiger charge is 2.07. The van der Waals surface area contributed by atoms with Crippen LogP contribution in [0, 0.1) is 6.92 Å². The van der Waals surface area contributed by atoms with Crippen LogP contribution >= 0.6 is 0 Å². The fourth-order valence-electron chi connectivity index (χ4n) is 1.86. The molecule has 2 N–H and O–H groups in total. The summed E-state index contributed by atoms with van der Waals surface area (Å²) in [4.78, 5) is 15.0. The Kier molecular flexibility index (Phi) is 4.92. The standard InChI is InChI=1S/C15H22N6/c1-5-16-13-18-14(20-15(19-13)21(3)4)17-10-12-9-7-6-8-11(12)2/h6-9H,5,10H2,1-4H3,(H2,16,17,18,19,20). The van der Waals surface area contributed by atoms with Gasteiger partial charge >= 0.3 is 0 Å². The van der Waals surface area contributed by atoms with Crippen molar-refractivity contribution in [2.75, 3.05) is 36.2 Å². The molecule has 112 valence electrons. The second-order valence-corrected chi connectivity index (χ2v) is 4.99. The van der Waals surface area contributed by atoms with Crippen LogP contribution in [0.3, 0.4) is 0 Å². The molecule has 1 aromatic heterocycles.